The van der Waals surface area contributed by atoms with E-state index in [1.807, 2.05) is 0 Å². The van der Waals surface area contributed by atoms with E-state index in [0.717, 1.165) is 0 Å². The number of nitrogens with zero attached hydrogens (tertiary/aromatic N) is 1. The molecule has 0 aliphatic carbocycles. The van der Waals surface area contributed by atoms with Crippen molar-refractivity contribution in [2.24, 2.45) is 0 Å². The van der Waals surface area contributed by atoms with E-state index in [2.05, 4.69) is 5.32 Å². The molecular weight excluding hydrogens is 257 g/mol. The fourth-order valence-electron chi connectivity index (χ4n) is 1.09. The first-order valence-electron chi connectivity index (χ1n) is 5.17. The summed E-state index contributed by atoms with van der Waals surface area (Å²) in [5, 5.41) is 19.3. The summed E-state index contributed by atoms with van der Waals surface area (Å²) < 4.78 is 36.2. The van der Waals surface area contributed by atoms with Crippen LogP contribution in [0.15, 0.2) is 0 Å². The fraction of sp³-hybridized carbons (Fsp3) is 0.778. The van der Waals surface area contributed by atoms with Crippen molar-refractivity contribution < 1.29 is 33.0 Å². The van der Waals surface area contributed by atoms with Crippen LogP contribution in [0, 0.1) is 0 Å². The highest BCUT2D eigenvalue weighted by Crippen LogP contribution is 2.16. The molecular formula is C9H15F3N2O4. The molecule has 0 rings (SSSR count). The second-order valence-corrected chi connectivity index (χ2v) is 3.50. The molecule has 0 aliphatic heterocycles. The molecule has 0 unspecified atom stereocenters. The number of carbonyl (C=O) groups excluding carboxylic acids is 1. The molecule has 106 valence electrons. The molecule has 0 aromatic heterocycles. The van der Waals surface area contributed by atoms with Gasteiger partial charge in [0.2, 0.25) is 0 Å². The minimum absolute atomic E-state index is 0.132. The zero-order valence-corrected chi connectivity index (χ0v) is 9.70. The smallest absolute Gasteiger partial charge is 0.406 e. The van der Waals surface area contributed by atoms with Crippen molar-refractivity contribution in [1.29, 1.82) is 0 Å². The monoisotopic (exact) mass is 272 g/mol. The van der Waals surface area contributed by atoms with Crippen LogP contribution in [0.1, 0.15) is 13.3 Å². The molecule has 18 heavy (non-hydrogen) atoms. The SMILES string of the molecule is CCN(CC(F)(F)F)C(=O)NCC[C@H](O)C(=O)O. The number of amides is 2. The maximum absolute atomic E-state index is 12.1. The van der Waals surface area contributed by atoms with E-state index >= 15 is 0 Å². The molecule has 0 saturated heterocycles. The third-order valence-electron chi connectivity index (χ3n) is 2.02. The highest BCUT2D eigenvalue weighted by molar-refractivity contribution is 5.74. The van der Waals surface area contributed by atoms with Crippen molar-refractivity contribution in [3.8, 4) is 0 Å². The molecule has 0 heterocycles. The predicted octanol–water partition coefficient (Wildman–Crippen LogP) is 0.416. The van der Waals surface area contributed by atoms with E-state index in [0.29, 0.717) is 4.90 Å². The summed E-state index contributed by atoms with van der Waals surface area (Å²) in [5.74, 6) is -1.45. The first-order valence-corrected chi connectivity index (χ1v) is 5.17. The number of rotatable bonds is 6. The van der Waals surface area contributed by atoms with Gasteiger partial charge in [-0.3, -0.25) is 0 Å². The van der Waals surface area contributed by atoms with Crippen LogP contribution in [0.25, 0.3) is 0 Å². The summed E-state index contributed by atoms with van der Waals surface area (Å²) in [6, 6.07) is -0.951. The van der Waals surface area contributed by atoms with E-state index < -0.39 is 30.8 Å². The van der Waals surface area contributed by atoms with Gasteiger partial charge in [0.15, 0.2) is 6.10 Å². The van der Waals surface area contributed by atoms with Gasteiger partial charge < -0.3 is 20.4 Å². The lowest BCUT2D eigenvalue weighted by Gasteiger charge is -2.22. The van der Waals surface area contributed by atoms with Crippen molar-refractivity contribution in [3.63, 3.8) is 0 Å². The lowest BCUT2D eigenvalue weighted by atomic mass is 10.2. The Morgan fingerprint density at radius 1 is 1.39 bits per heavy atom. The lowest BCUT2D eigenvalue weighted by molar-refractivity contribution is -0.146. The van der Waals surface area contributed by atoms with Gasteiger partial charge in [0.1, 0.15) is 6.54 Å². The van der Waals surface area contributed by atoms with Crippen molar-refractivity contribution >= 4 is 12.0 Å². The average molecular weight is 272 g/mol. The van der Waals surface area contributed by atoms with Gasteiger partial charge in [-0.25, -0.2) is 9.59 Å². The number of hydrogen-bond acceptors (Lipinski definition) is 3. The number of carboxylic acids is 1. The summed E-state index contributed by atoms with van der Waals surface area (Å²) in [6.07, 6.45) is -6.42. The van der Waals surface area contributed by atoms with Gasteiger partial charge in [-0.2, -0.15) is 13.2 Å². The van der Waals surface area contributed by atoms with Gasteiger partial charge in [-0.1, -0.05) is 0 Å². The van der Waals surface area contributed by atoms with E-state index in [1.165, 1.54) is 6.92 Å². The molecule has 6 nitrogen and oxygen atoms in total. The van der Waals surface area contributed by atoms with Crippen LogP contribution >= 0.6 is 0 Å². The molecule has 9 heteroatoms. The summed E-state index contributed by atoms with van der Waals surface area (Å²) in [4.78, 5) is 22.1. The van der Waals surface area contributed by atoms with Gasteiger partial charge in [0.25, 0.3) is 0 Å². The molecule has 0 aliphatic rings. The third kappa shape index (κ3) is 6.94. The Morgan fingerprint density at radius 3 is 2.33 bits per heavy atom. The van der Waals surface area contributed by atoms with E-state index in [-0.39, 0.29) is 19.5 Å². The van der Waals surface area contributed by atoms with Crippen LogP contribution in [0.4, 0.5) is 18.0 Å². The number of alkyl halides is 3. The van der Waals surface area contributed by atoms with E-state index in [4.69, 9.17) is 10.2 Å². The Balaban J connectivity index is 4.10. The Kier molecular flexibility index (Phi) is 6.45. The van der Waals surface area contributed by atoms with Crippen LogP contribution in [0.2, 0.25) is 0 Å². The molecule has 0 aromatic carbocycles. The number of hydrogen-bond donors (Lipinski definition) is 3. The second kappa shape index (κ2) is 7.04. The molecule has 0 aromatic rings. The van der Waals surface area contributed by atoms with Crippen LogP contribution < -0.4 is 5.32 Å². The normalized spacial score (nSPS) is 12.9. The molecule has 0 fully saturated rings. The number of aliphatic carboxylic acids is 1. The molecule has 0 spiro atoms. The van der Waals surface area contributed by atoms with Crippen molar-refractivity contribution in [2.45, 2.75) is 25.6 Å². The highest BCUT2D eigenvalue weighted by Gasteiger charge is 2.32. The Hall–Kier alpha value is -1.51. The maximum Gasteiger partial charge on any atom is 0.406 e. The molecule has 2 amide bonds. The third-order valence-corrected chi connectivity index (χ3v) is 2.02. The minimum atomic E-state index is -4.49. The zero-order valence-electron chi connectivity index (χ0n) is 9.70. The topological polar surface area (TPSA) is 89.9 Å². The van der Waals surface area contributed by atoms with Crippen LogP contribution in [-0.4, -0.2) is 59.0 Å². The summed E-state index contributed by atoms with van der Waals surface area (Å²) in [7, 11) is 0. The van der Waals surface area contributed by atoms with Crippen molar-refractivity contribution in [3.05, 3.63) is 0 Å². The van der Waals surface area contributed by atoms with E-state index in [1.54, 1.807) is 0 Å². The molecule has 1 atom stereocenters. The van der Waals surface area contributed by atoms with E-state index in [9.17, 15) is 22.8 Å². The first kappa shape index (κ1) is 16.5. The van der Waals surface area contributed by atoms with Gasteiger partial charge in [-0.15, -0.1) is 0 Å². The van der Waals surface area contributed by atoms with Crippen molar-refractivity contribution in [1.82, 2.24) is 10.2 Å². The Labute approximate surface area is 101 Å². The number of carboxylic acid groups (broad SMARTS) is 1. The first-order chi connectivity index (χ1) is 8.17. The van der Waals surface area contributed by atoms with Gasteiger partial charge >= 0.3 is 18.2 Å². The summed E-state index contributed by atoms with van der Waals surface area (Å²) >= 11 is 0. The van der Waals surface area contributed by atoms with Crippen LogP contribution in [0.3, 0.4) is 0 Å². The average Bonchev–Trinajstić information content (AvgIpc) is 2.23. The van der Waals surface area contributed by atoms with Crippen LogP contribution in [0.5, 0.6) is 0 Å². The van der Waals surface area contributed by atoms with Gasteiger partial charge in [-0.05, 0) is 6.92 Å². The number of carbonyl (C=O) groups is 2. The van der Waals surface area contributed by atoms with Gasteiger partial charge in [0, 0.05) is 19.5 Å². The lowest BCUT2D eigenvalue weighted by Crippen LogP contribution is -2.45. The highest BCUT2D eigenvalue weighted by atomic mass is 19.4. The Bertz CT molecular complexity index is 296. The molecule has 0 bridgehead atoms. The predicted molar refractivity (Wildman–Crippen MR) is 55.0 cm³/mol. The quantitative estimate of drug-likeness (QED) is 0.653. The number of halogens is 3. The molecule has 0 radical (unpaired) electrons. The number of nitrogens with one attached hydrogen (secondary N) is 1. The largest absolute Gasteiger partial charge is 0.479 e. The van der Waals surface area contributed by atoms with Crippen molar-refractivity contribution in [2.75, 3.05) is 19.6 Å². The standard InChI is InChI=1S/C9H15F3N2O4/c1-2-14(5-9(10,11)12)8(18)13-4-3-6(15)7(16)17/h6,15H,2-5H2,1H3,(H,13,18)(H,16,17)/t6-/m0/s1. The number of urea groups is 1. The summed E-state index contributed by atoms with van der Waals surface area (Å²) in [5.41, 5.74) is 0. The number of aliphatic hydroxyl groups is 1. The number of aliphatic hydroxyl groups excluding tert-OH is 1. The van der Waals surface area contributed by atoms with Gasteiger partial charge in [0.05, 0.1) is 0 Å². The summed E-state index contributed by atoms with van der Waals surface area (Å²) in [6.45, 7) is -0.346. The minimum Gasteiger partial charge on any atom is -0.479 e. The molecule has 3 N–H and O–H groups in total. The second-order valence-electron chi connectivity index (χ2n) is 3.50. The zero-order chi connectivity index (χ0) is 14.3. The maximum atomic E-state index is 12.1. The van der Waals surface area contributed by atoms with Crippen LogP contribution in [-0.2, 0) is 4.79 Å². The fourth-order valence-corrected chi connectivity index (χ4v) is 1.09. The molecule has 0 saturated carbocycles. The Morgan fingerprint density at radius 2 is 1.94 bits per heavy atom.